The fourth-order valence-electron chi connectivity index (χ4n) is 4.73. The number of rotatable bonds is 9. The number of tetrazole rings is 1. The Hall–Kier alpha value is -3.65. The van der Waals surface area contributed by atoms with Crippen LogP contribution in [0.15, 0.2) is 48.5 Å². The van der Waals surface area contributed by atoms with Gasteiger partial charge in [0.2, 0.25) is 0 Å². The fourth-order valence-corrected chi connectivity index (χ4v) is 4.73. The summed E-state index contributed by atoms with van der Waals surface area (Å²) in [5.74, 6) is 1.67. The van der Waals surface area contributed by atoms with Crippen LogP contribution in [0, 0.1) is 13.8 Å². The third-order valence-electron chi connectivity index (χ3n) is 6.72. The van der Waals surface area contributed by atoms with Crippen LogP contribution in [-0.4, -0.2) is 54.9 Å². The van der Waals surface area contributed by atoms with Crippen LogP contribution >= 0.6 is 0 Å². The third kappa shape index (κ3) is 5.60. The maximum atomic E-state index is 10.7. The minimum absolute atomic E-state index is 0.443. The maximum Gasteiger partial charge on any atom is 0.174 e. The number of fused-ring (bicyclic) bond motifs is 1. The van der Waals surface area contributed by atoms with Gasteiger partial charge in [-0.05, 0) is 26.7 Å². The summed E-state index contributed by atoms with van der Waals surface area (Å²) in [6.07, 6.45) is 5.19. The van der Waals surface area contributed by atoms with Gasteiger partial charge >= 0.3 is 0 Å². The van der Waals surface area contributed by atoms with Crippen molar-refractivity contribution in [2.45, 2.75) is 58.5 Å². The Labute approximate surface area is 211 Å². The highest BCUT2D eigenvalue weighted by Gasteiger charge is 2.28. The molecule has 186 valence electrons. The Bertz CT molecular complexity index is 1270. The number of aliphatic hydroxyl groups is 1. The lowest BCUT2D eigenvalue weighted by atomic mass is 10.00. The topological polar surface area (TPSA) is 104 Å². The molecular formula is C28H33N7O. The van der Waals surface area contributed by atoms with E-state index in [4.69, 9.17) is 9.97 Å². The second-order valence-corrected chi connectivity index (χ2v) is 9.72. The number of aromatic amines is 1. The summed E-state index contributed by atoms with van der Waals surface area (Å²) < 4.78 is 0. The van der Waals surface area contributed by atoms with Crippen LogP contribution in [0.4, 0.5) is 5.82 Å². The summed E-state index contributed by atoms with van der Waals surface area (Å²) in [5.41, 5.74) is 7.15. The molecule has 0 unspecified atom stereocenters. The van der Waals surface area contributed by atoms with Gasteiger partial charge in [0.05, 0.1) is 23.2 Å². The Balaban J connectivity index is 1.38. The highest BCUT2D eigenvalue weighted by atomic mass is 16.3. The number of unbranched alkanes of at least 4 members (excludes halogenated alkanes) is 3. The van der Waals surface area contributed by atoms with E-state index >= 15 is 0 Å². The van der Waals surface area contributed by atoms with Gasteiger partial charge in [-0.3, -0.25) is 0 Å². The van der Waals surface area contributed by atoms with Gasteiger partial charge in [0.25, 0.3) is 0 Å². The average molecular weight is 484 g/mol. The van der Waals surface area contributed by atoms with Crippen LogP contribution < -0.4 is 4.90 Å². The molecule has 0 saturated heterocycles. The van der Waals surface area contributed by atoms with Gasteiger partial charge in [-0.1, -0.05) is 77.7 Å². The van der Waals surface area contributed by atoms with Gasteiger partial charge in [0.1, 0.15) is 0 Å². The van der Waals surface area contributed by atoms with Gasteiger partial charge < -0.3 is 10.0 Å². The molecule has 36 heavy (non-hydrogen) atoms. The minimum atomic E-state index is -0.443. The van der Waals surface area contributed by atoms with Crippen molar-refractivity contribution in [3.05, 3.63) is 71.2 Å². The molecule has 1 atom stereocenters. The number of H-pyrrole nitrogens is 1. The number of aliphatic hydroxyl groups excluding tert-OH is 1. The number of nitrogens with one attached hydrogen (secondary N) is 1. The zero-order valence-corrected chi connectivity index (χ0v) is 21.0. The Morgan fingerprint density at radius 1 is 0.861 bits per heavy atom. The molecule has 0 radical (unpaired) electrons. The van der Waals surface area contributed by atoms with Crippen molar-refractivity contribution >= 4 is 5.82 Å². The molecule has 8 heteroatoms. The van der Waals surface area contributed by atoms with Gasteiger partial charge in [0, 0.05) is 37.1 Å². The first-order chi connectivity index (χ1) is 17.6. The van der Waals surface area contributed by atoms with E-state index in [0.29, 0.717) is 13.0 Å². The molecule has 2 aromatic carbocycles. The second-order valence-electron chi connectivity index (χ2n) is 9.72. The van der Waals surface area contributed by atoms with Crippen molar-refractivity contribution in [2.75, 3.05) is 18.0 Å². The Morgan fingerprint density at radius 3 is 2.14 bits per heavy atom. The number of anilines is 1. The van der Waals surface area contributed by atoms with Crippen molar-refractivity contribution in [1.82, 2.24) is 30.6 Å². The van der Waals surface area contributed by atoms with E-state index in [9.17, 15) is 5.11 Å². The normalized spacial score (nSPS) is 15.2. The SMILES string of the molecule is Cc1ccc(-c2nc3c(nc2-c2ccc(C)cc2)N(CCCCCCc2nn[nH]n2)C[C@H](O)C3)cc1. The van der Waals surface area contributed by atoms with Gasteiger partial charge in [-0.2, -0.15) is 5.21 Å². The quantitative estimate of drug-likeness (QED) is 0.339. The van der Waals surface area contributed by atoms with E-state index in [1.165, 1.54) is 11.1 Å². The predicted octanol–water partition coefficient (Wildman–Crippen LogP) is 4.47. The predicted molar refractivity (Wildman–Crippen MR) is 141 cm³/mol. The van der Waals surface area contributed by atoms with E-state index in [1.807, 2.05) is 0 Å². The monoisotopic (exact) mass is 483 g/mol. The number of nitrogens with zero attached hydrogens (tertiary/aromatic N) is 6. The van der Waals surface area contributed by atoms with Crippen LogP contribution in [0.2, 0.25) is 0 Å². The van der Waals surface area contributed by atoms with Gasteiger partial charge in [0.15, 0.2) is 11.6 Å². The molecule has 0 spiro atoms. The van der Waals surface area contributed by atoms with Crippen molar-refractivity contribution in [2.24, 2.45) is 0 Å². The van der Waals surface area contributed by atoms with E-state index < -0.39 is 6.10 Å². The first-order valence-electron chi connectivity index (χ1n) is 12.8. The Kier molecular flexibility index (Phi) is 7.32. The molecule has 2 N–H and O–H groups in total. The summed E-state index contributed by atoms with van der Waals surface area (Å²) in [6.45, 7) is 5.61. The molecule has 1 aliphatic rings. The first kappa shape index (κ1) is 24.1. The van der Waals surface area contributed by atoms with E-state index in [1.54, 1.807) is 0 Å². The van der Waals surface area contributed by atoms with Crippen LogP contribution in [0.5, 0.6) is 0 Å². The molecular weight excluding hydrogens is 450 g/mol. The molecule has 0 fully saturated rings. The second kappa shape index (κ2) is 11.0. The van der Waals surface area contributed by atoms with Gasteiger partial charge in [-0.15, -0.1) is 10.2 Å². The largest absolute Gasteiger partial charge is 0.391 e. The lowest BCUT2D eigenvalue weighted by Gasteiger charge is -2.33. The molecule has 4 aromatic rings. The summed E-state index contributed by atoms with van der Waals surface area (Å²) in [6, 6.07) is 16.9. The molecule has 8 nitrogen and oxygen atoms in total. The summed E-state index contributed by atoms with van der Waals surface area (Å²) >= 11 is 0. The summed E-state index contributed by atoms with van der Waals surface area (Å²) in [5, 5.41) is 24.8. The highest BCUT2D eigenvalue weighted by Crippen LogP contribution is 2.35. The molecule has 0 amide bonds. The van der Waals surface area contributed by atoms with Crippen molar-refractivity contribution < 1.29 is 5.11 Å². The number of hydrogen-bond donors (Lipinski definition) is 2. The molecule has 0 saturated carbocycles. The number of β-amino-alcohol motifs (C(OH)–C–C–N with tert-alkyl or cyclic N) is 1. The zero-order valence-electron chi connectivity index (χ0n) is 21.0. The molecule has 2 aromatic heterocycles. The smallest absolute Gasteiger partial charge is 0.174 e. The lowest BCUT2D eigenvalue weighted by Crippen LogP contribution is -2.40. The Morgan fingerprint density at radius 2 is 1.50 bits per heavy atom. The van der Waals surface area contributed by atoms with Crippen LogP contribution in [0.1, 0.15) is 48.3 Å². The van der Waals surface area contributed by atoms with Crippen LogP contribution in [0.25, 0.3) is 22.5 Å². The fraction of sp³-hybridized carbons (Fsp3) is 0.393. The number of benzene rings is 2. The molecule has 3 heterocycles. The van der Waals surface area contributed by atoms with E-state index in [2.05, 4.69) is 87.9 Å². The summed E-state index contributed by atoms with van der Waals surface area (Å²) in [7, 11) is 0. The van der Waals surface area contributed by atoms with E-state index in [0.717, 1.165) is 78.5 Å². The number of aryl methyl sites for hydroxylation is 3. The minimum Gasteiger partial charge on any atom is -0.391 e. The zero-order chi connectivity index (χ0) is 24.9. The average Bonchev–Trinajstić information content (AvgIpc) is 3.40. The molecule has 0 bridgehead atoms. The maximum absolute atomic E-state index is 10.7. The van der Waals surface area contributed by atoms with Crippen molar-refractivity contribution in [1.29, 1.82) is 0 Å². The van der Waals surface area contributed by atoms with Crippen molar-refractivity contribution in [3.8, 4) is 22.5 Å². The standard InChI is InChI=1S/C28H33N7O/c1-19-8-12-21(13-9-19)26-27(22-14-10-20(2)11-15-22)30-28-24(29-26)17-23(36)18-35(28)16-6-4-3-5-7-25-31-33-34-32-25/h8-15,23,36H,3-7,16-18H2,1-2H3,(H,31,32,33,34)/t23-/m1/s1. The third-order valence-corrected chi connectivity index (χ3v) is 6.72. The molecule has 1 aliphatic heterocycles. The number of aromatic nitrogens is 6. The molecule has 5 rings (SSSR count). The molecule has 0 aliphatic carbocycles. The summed E-state index contributed by atoms with van der Waals surface area (Å²) in [4.78, 5) is 12.5. The first-order valence-corrected chi connectivity index (χ1v) is 12.8. The number of hydrogen-bond acceptors (Lipinski definition) is 7. The lowest BCUT2D eigenvalue weighted by molar-refractivity contribution is 0.173. The van der Waals surface area contributed by atoms with Crippen LogP contribution in [-0.2, 0) is 12.8 Å². The van der Waals surface area contributed by atoms with Crippen LogP contribution in [0.3, 0.4) is 0 Å². The highest BCUT2D eigenvalue weighted by molar-refractivity contribution is 5.80. The van der Waals surface area contributed by atoms with E-state index in [-0.39, 0.29) is 0 Å². The van der Waals surface area contributed by atoms with Crippen molar-refractivity contribution in [3.63, 3.8) is 0 Å². The van der Waals surface area contributed by atoms with Gasteiger partial charge in [-0.25, -0.2) is 9.97 Å².